The Bertz CT molecular complexity index is 1020. The number of nitrogens with zero attached hydrogens (tertiary/aromatic N) is 4. The molecule has 2 amide bonds. The van der Waals surface area contributed by atoms with Crippen molar-refractivity contribution in [3.63, 3.8) is 0 Å². The van der Waals surface area contributed by atoms with Crippen LogP contribution in [0.2, 0.25) is 0 Å². The Kier molecular flexibility index (Phi) is 7.85. The summed E-state index contributed by atoms with van der Waals surface area (Å²) in [5.41, 5.74) is 9.09. The van der Waals surface area contributed by atoms with Crippen LogP contribution in [-0.2, 0) is 12.8 Å². The smallest absolute Gasteiger partial charge is 0.319 e. The minimum atomic E-state index is -0.441. The van der Waals surface area contributed by atoms with Crippen LogP contribution in [0, 0.1) is 0 Å². The van der Waals surface area contributed by atoms with Crippen LogP contribution in [0.1, 0.15) is 49.8 Å². The molecular formula is C23H29Br3N6O. The number of benzene rings is 1. The molecule has 2 aliphatic carbocycles. The molecule has 0 unspecified atom stereocenters. The van der Waals surface area contributed by atoms with Crippen LogP contribution in [0.15, 0.2) is 25.6 Å². The van der Waals surface area contributed by atoms with Crippen LogP contribution in [0.3, 0.4) is 0 Å². The largest absolute Gasteiger partial charge is 0.362 e. The average Bonchev–Trinajstić information content (AvgIpc) is 2.76. The summed E-state index contributed by atoms with van der Waals surface area (Å²) in [5, 5.41) is 3.58. The molecule has 3 N–H and O–H groups in total. The molecule has 2 aliphatic rings. The zero-order valence-electron chi connectivity index (χ0n) is 18.9. The fourth-order valence-corrected chi connectivity index (χ4v) is 7.55. The predicted molar refractivity (Wildman–Crippen MR) is 144 cm³/mol. The molecule has 0 bridgehead atoms. The zero-order valence-corrected chi connectivity index (χ0v) is 23.6. The van der Waals surface area contributed by atoms with Gasteiger partial charge in [0.15, 0.2) is 0 Å². The van der Waals surface area contributed by atoms with Crippen LogP contribution >= 0.6 is 47.8 Å². The monoisotopic (exact) mass is 642 g/mol. The topological polar surface area (TPSA) is 87.4 Å². The molecule has 10 heteroatoms. The van der Waals surface area contributed by atoms with E-state index >= 15 is 0 Å². The summed E-state index contributed by atoms with van der Waals surface area (Å²) < 4.78 is 2.56. The maximum atomic E-state index is 12.5. The molecule has 0 aliphatic heterocycles. The van der Waals surface area contributed by atoms with Crippen molar-refractivity contribution >= 4 is 71.3 Å². The molecule has 1 aromatic carbocycles. The van der Waals surface area contributed by atoms with Crippen molar-refractivity contribution in [3.8, 4) is 0 Å². The Morgan fingerprint density at radius 2 is 1.67 bits per heavy atom. The highest BCUT2D eigenvalue weighted by atomic mass is 79.9. The second kappa shape index (κ2) is 10.5. The Morgan fingerprint density at radius 1 is 1.03 bits per heavy atom. The van der Waals surface area contributed by atoms with E-state index in [9.17, 15) is 4.79 Å². The van der Waals surface area contributed by atoms with Crippen molar-refractivity contribution in [3.05, 3.63) is 36.8 Å². The van der Waals surface area contributed by atoms with E-state index in [0.717, 1.165) is 63.4 Å². The van der Waals surface area contributed by atoms with Crippen molar-refractivity contribution in [1.29, 1.82) is 0 Å². The lowest BCUT2D eigenvalue weighted by Gasteiger charge is -2.37. The van der Waals surface area contributed by atoms with Crippen molar-refractivity contribution in [2.24, 2.45) is 5.73 Å². The van der Waals surface area contributed by atoms with E-state index in [1.165, 1.54) is 24.1 Å². The normalized spacial score (nSPS) is 20.2. The molecule has 178 valence electrons. The van der Waals surface area contributed by atoms with Crippen LogP contribution in [0.25, 0.3) is 0 Å². The van der Waals surface area contributed by atoms with Gasteiger partial charge >= 0.3 is 6.03 Å². The third-order valence-corrected chi connectivity index (χ3v) is 8.11. The molecule has 0 atom stereocenters. The number of halogens is 3. The maximum Gasteiger partial charge on any atom is 0.319 e. The molecule has 1 saturated carbocycles. The Morgan fingerprint density at radius 3 is 2.27 bits per heavy atom. The van der Waals surface area contributed by atoms with Gasteiger partial charge in [-0.2, -0.15) is 4.98 Å². The van der Waals surface area contributed by atoms with Gasteiger partial charge in [0, 0.05) is 45.2 Å². The average molecular weight is 645 g/mol. The molecule has 1 heterocycles. The van der Waals surface area contributed by atoms with Crippen molar-refractivity contribution < 1.29 is 4.79 Å². The number of rotatable bonds is 5. The van der Waals surface area contributed by atoms with E-state index in [2.05, 4.69) is 58.0 Å². The summed E-state index contributed by atoms with van der Waals surface area (Å²) >= 11 is 10.7. The first-order chi connectivity index (χ1) is 15.7. The lowest BCUT2D eigenvalue weighted by Crippen LogP contribution is -2.47. The number of aromatic nitrogens is 2. The van der Waals surface area contributed by atoms with E-state index in [1.54, 1.807) is 4.90 Å². The molecule has 1 fully saturated rings. The summed E-state index contributed by atoms with van der Waals surface area (Å²) in [6.07, 6.45) is 7.99. The van der Waals surface area contributed by atoms with E-state index in [4.69, 9.17) is 15.7 Å². The number of aryl methyl sites for hydroxylation is 1. The summed E-state index contributed by atoms with van der Waals surface area (Å²) in [5.74, 6) is 1.74. The highest BCUT2D eigenvalue weighted by Gasteiger charge is 2.32. The van der Waals surface area contributed by atoms with Gasteiger partial charge in [-0.15, -0.1) is 0 Å². The minimum Gasteiger partial charge on any atom is -0.362 e. The number of nitrogens with one attached hydrogen (secondary N) is 1. The summed E-state index contributed by atoms with van der Waals surface area (Å²) in [7, 11) is 4.09. The third-order valence-electron chi connectivity index (χ3n) is 6.44. The zero-order chi connectivity index (χ0) is 23.7. The van der Waals surface area contributed by atoms with Crippen molar-refractivity contribution in [2.75, 3.05) is 29.2 Å². The van der Waals surface area contributed by atoms with Gasteiger partial charge in [0.05, 0.1) is 11.4 Å². The SMILES string of the molecule is CN(C)c1nc(NC2CCC(N(C(N)=O)c3c(Br)cc(Br)cc3Br)CC2)nc2c1CCCC2. The maximum absolute atomic E-state index is 12.5. The van der Waals surface area contributed by atoms with Crippen LogP contribution in [-0.4, -0.2) is 42.2 Å². The third kappa shape index (κ3) is 5.48. The molecule has 4 rings (SSSR count). The number of amides is 2. The summed E-state index contributed by atoms with van der Waals surface area (Å²) in [4.78, 5) is 26.0. The fraction of sp³-hybridized carbons (Fsp3) is 0.522. The summed E-state index contributed by atoms with van der Waals surface area (Å²) in [6, 6.07) is 3.72. The number of hydrogen-bond acceptors (Lipinski definition) is 5. The van der Waals surface area contributed by atoms with Gasteiger partial charge in [0.1, 0.15) is 5.82 Å². The lowest BCUT2D eigenvalue weighted by atomic mass is 9.90. The Labute approximate surface area is 220 Å². The Balaban J connectivity index is 1.48. The minimum absolute atomic E-state index is 0.0381. The Hall–Kier alpha value is -1.39. The van der Waals surface area contributed by atoms with Gasteiger partial charge in [-0.3, -0.25) is 4.90 Å². The van der Waals surface area contributed by atoms with Crippen molar-refractivity contribution in [1.82, 2.24) is 9.97 Å². The first kappa shape index (κ1) is 24.7. The van der Waals surface area contributed by atoms with Crippen LogP contribution in [0.4, 0.5) is 22.2 Å². The standard InChI is InChI=1S/C23H29Br3N6O/c1-31(2)21-16-5-3-4-6-19(16)29-23(30-21)28-14-7-9-15(10-8-14)32(22(27)33)20-17(25)11-13(24)12-18(20)26/h11-12,14-15H,3-10H2,1-2H3,(H2,27,33)(H,28,29,30). The number of urea groups is 1. The number of carbonyl (C=O) groups is 1. The quantitative estimate of drug-likeness (QED) is 0.416. The summed E-state index contributed by atoms with van der Waals surface area (Å²) in [6.45, 7) is 0. The second-order valence-electron chi connectivity index (χ2n) is 8.97. The molecule has 2 aromatic rings. The first-order valence-electron chi connectivity index (χ1n) is 11.3. The second-order valence-corrected chi connectivity index (χ2v) is 11.6. The molecule has 33 heavy (non-hydrogen) atoms. The highest BCUT2D eigenvalue weighted by molar-refractivity contribution is 9.11. The van der Waals surface area contributed by atoms with E-state index in [0.29, 0.717) is 5.95 Å². The molecule has 0 spiro atoms. The first-order valence-corrected chi connectivity index (χ1v) is 13.7. The van der Waals surface area contributed by atoms with E-state index < -0.39 is 6.03 Å². The van der Waals surface area contributed by atoms with Gasteiger partial charge in [0.25, 0.3) is 0 Å². The highest BCUT2D eigenvalue weighted by Crippen LogP contribution is 2.40. The number of anilines is 3. The van der Waals surface area contributed by atoms with Gasteiger partial charge < -0.3 is 16.0 Å². The van der Waals surface area contributed by atoms with Gasteiger partial charge in [-0.25, -0.2) is 9.78 Å². The number of fused-ring (bicyclic) bond motifs is 1. The fourth-order valence-electron chi connectivity index (χ4n) is 4.91. The lowest BCUT2D eigenvalue weighted by molar-refractivity contribution is 0.248. The van der Waals surface area contributed by atoms with Gasteiger partial charge in [0.2, 0.25) is 5.95 Å². The van der Waals surface area contributed by atoms with Crippen LogP contribution < -0.4 is 20.9 Å². The number of nitrogens with two attached hydrogens (primary N) is 1. The van der Waals surface area contributed by atoms with E-state index in [1.807, 2.05) is 26.2 Å². The predicted octanol–water partition coefficient (Wildman–Crippen LogP) is 6.02. The molecular weight excluding hydrogens is 616 g/mol. The van der Waals surface area contributed by atoms with Gasteiger partial charge in [-0.1, -0.05) is 15.9 Å². The van der Waals surface area contributed by atoms with Crippen molar-refractivity contribution in [2.45, 2.75) is 63.5 Å². The van der Waals surface area contributed by atoms with Gasteiger partial charge in [-0.05, 0) is 95.4 Å². The molecule has 0 saturated heterocycles. The molecule has 0 radical (unpaired) electrons. The van der Waals surface area contributed by atoms with E-state index in [-0.39, 0.29) is 12.1 Å². The molecule has 1 aromatic heterocycles. The van der Waals surface area contributed by atoms with Crippen LogP contribution in [0.5, 0.6) is 0 Å². The number of hydrogen-bond donors (Lipinski definition) is 2. The molecule has 7 nitrogen and oxygen atoms in total. The number of carbonyl (C=O) groups excluding carboxylic acids is 1. The number of primary amides is 1.